The fourth-order valence-electron chi connectivity index (χ4n) is 2.69. The summed E-state index contributed by atoms with van der Waals surface area (Å²) in [7, 11) is 0. The van der Waals surface area contributed by atoms with Gasteiger partial charge < -0.3 is 4.90 Å². The van der Waals surface area contributed by atoms with Crippen molar-refractivity contribution in [3.63, 3.8) is 0 Å². The lowest BCUT2D eigenvalue weighted by Crippen LogP contribution is -2.25. The molecule has 0 spiro atoms. The van der Waals surface area contributed by atoms with Gasteiger partial charge in [-0.15, -0.1) is 0 Å². The Bertz CT molecular complexity index is 463. The topological polar surface area (TPSA) is 20.3 Å². The third kappa shape index (κ3) is 2.46. The zero-order valence-corrected chi connectivity index (χ0v) is 11.2. The molecule has 0 N–H and O–H groups in total. The zero-order chi connectivity index (χ0) is 12.4. The first-order valence-corrected chi connectivity index (χ1v) is 7.42. The first-order chi connectivity index (χ1) is 8.83. The Hall–Kier alpha value is -1.22. The Morgan fingerprint density at radius 1 is 1.17 bits per heavy atom. The molecule has 3 heteroatoms. The molecule has 2 heterocycles. The van der Waals surface area contributed by atoms with Crippen molar-refractivity contribution in [3.05, 3.63) is 47.7 Å². The van der Waals surface area contributed by atoms with Gasteiger partial charge in [-0.1, -0.05) is 42.1 Å². The molecule has 0 bridgehead atoms. The molecule has 0 aromatic heterocycles. The number of hydrogen-bond donors (Lipinski definition) is 0. The van der Waals surface area contributed by atoms with Gasteiger partial charge >= 0.3 is 0 Å². The second-order valence-corrected chi connectivity index (χ2v) is 6.09. The van der Waals surface area contributed by atoms with E-state index in [0.29, 0.717) is 5.25 Å². The van der Waals surface area contributed by atoms with Gasteiger partial charge in [0, 0.05) is 24.9 Å². The van der Waals surface area contributed by atoms with Crippen molar-refractivity contribution in [1.82, 2.24) is 4.90 Å². The minimum Gasteiger partial charge on any atom is -0.374 e. The third-order valence-electron chi connectivity index (χ3n) is 3.59. The van der Waals surface area contributed by atoms with Crippen molar-refractivity contribution in [2.75, 3.05) is 13.1 Å². The van der Waals surface area contributed by atoms with Crippen LogP contribution < -0.4 is 0 Å². The standard InChI is InChI=1S/C15H17NOS/c17-15-11-13(16-8-4-5-9-16)14(18-15)10-12-6-2-1-3-7-12/h1-3,6-7,11,14H,4-5,8-10H2. The van der Waals surface area contributed by atoms with E-state index >= 15 is 0 Å². The van der Waals surface area contributed by atoms with Crippen LogP contribution in [0, 0.1) is 0 Å². The summed E-state index contributed by atoms with van der Waals surface area (Å²) in [5.41, 5.74) is 2.57. The highest BCUT2D eigenvalue weighted by Crippen LogP contribution is 2.34. The lowest BCUT2D eigenvalue weighted by Gasteiger charge is -2.24. The van der Waals surface area contributed by atoms with Crippen LogP contribution >= 0.6 is 11.8 Å². The van der Waals surface area contributed by atoms with Crippen LogP contribution in [-0.4, -0.2) is 28.4 Å². The first-order valence-electron chi connectivity index (χ1n) is 6.54. The highest BCUT2D eigenvalue weighted by molar-refractivity contribution is 8.15. The molecule has 1 aromatic carbocycles. The number of nitrogens with zero attached hydrogens (tertiary/aromatic N) is 1. The molecule has 0 aliphatic carbocycles. The molecule has 2 aliphatic heterocycles. The van der Waals surface area contributed by atoms with Gasteiger partial charge in [-0.25, -0.2) is 0 Å². The van der Waals surface area contributed by atoms with Gasteiger partial charge in [0.1, 0.15) is 0 Å². The average Bonchev–Trinajstić information content (AvgIpc) is 3.00. The van der Waals surface area contributed by atoms with Crippen LogP contribution in [0.3, 0.4) is 0 Å². The fourth-order valence-corrected chi connectivity index (χ4v) is 3.78. The number of benzene rings is 1. The van der Waals surface area contributed by atoms with E-state index in [9.17, 15) is 4.79 Å². The number of carbonyl (C=O) groups is 1. The van der Waals surface area contributed by atoms with E-state index in [4.69, 9.17) is 0 Å². The third-order valence-corrected chi connectivity index (χ3v) is 4.63. The summed E-state index contributed by atoms with van der Waals surface area (Å²) in [6.45, 7) is 2.23. The quantitative estimate of drug-likeness (QED) is 0.832. The molecule has 1 aromatic rings. The van der Waals surface area contributed by atoms with Gasteiger partial charge in [-0.3, -0.25) is 4.79 Å². The SMILES string of the molecule is O=C1C=C(N2CCCC2)C(Cc2ccccc2)S1. The number of thioether (sulfide) groups is 1. The van der Waals surface area contributed by atoms with Gasteiger partial charge in [-0.05, 0) is 24.8 Å². The van der Waals surface area contributed by atoms with Gasteiger partial charge in [0.2, 0.25) is 5.12 Å². The minimum absolute atomic E-state index is 0.220. The van der Waals surface area contributed by atoms with Crippen LogP contribution in [0.1, 0.15) is 18.4 Å². The molecule has 94 valence electrons. The smallest absolute Gasteiger partial charge is 0.214 e. The lowest BCUT2D eigenvalue weighted by atomic mass is 10.1. The molecule has 0 radical (unpaired) electrons. The Labute approximate surface area is 112 Å². The molecule has 2 nitrogen and oxygen atoms in total. The maximum absolute atomic E-state index is 11.7. The summed E-state index contributed by atoms with van der Waals surface area (Å²) in [5, 5.41) is 0.538. The van der Waals surface area contributed by atoms with Crippen LogP contribution in [0.15, 0.2) is 42.1 Å². The summed E-state index contributed by atoms with van der Waals surface area (Å²) in [6.07, 6.45) is 5.33. The predicted octanol–water partition coefficient (Wildman–Crippen LogP) is 2.85. The van der Waals surface area contributed by atoms with Gasteiger partial charge in [-0.2, -0.15) is 0 Å². The summed E-state index contributed by atoms with van der Waals surface area (Å²) in [5.74, 6) is 0. The largest absolute Gasteiger partial charge is 0.374 e. The number of likely N-dealkylation sites (tertiary alicyclic amines) is 1. The fraction of sp³-hybridized carbons (Fsp3) is 0.400. The number of carbonyl (C=O) groups excluding carboxylic acids is 1. The minimum atomic E-state index is 0.220. The Morgan fingerprint density at radius 2 is 1.89 bits per heavy atom. The van der Waals surface area contributed by atoms with E-state index in [2.05, 4.69) is 29.2 Å². The van der Waals surface area contributed by atoms with Crippen LogP contribution in [0.4, 0.5) is 0 Å². The number of rotatable bonds is 3. The van der Waals surface area contributed by atoms with Crippen LogP contribution in [0.2, 0.25) is 0 Å². The van der Waals surface area contributed by atoms with Crippen molar-refractivity contribution < 1.29 is 4.79 Å². The predicted molar refractivity (Wildman–Crippen MR) is 75.4 cm³/mol. The highest BCUT2D eigenvalue weighted by Gasteiger charge is 2.30. The van der Waals surface area contributed by atoms with Crippen molar-refractivity contribution in [1.29, 1.82) is 0 Å². The molecule has 1 fully saturated rings. The Balaban J connectivity index is 1.75. The maximum atomic E-state index is 11.7. The maximum Gasteiger partial charge on any atom is 0.214 e. The molecule has 0 amide bonds. The van der Waals surface area contributed by atoms with E-state index in [1.165, 1.54) is 35.9 Å². The van der Waals surface area contributed by atoms with Crippen molar-refractivity contribution >= 4 is 16.9 Å². The van der Waals surface area contributed by atoms with Crippen molar-refractivity contribution in [2.45, 2.75) is 24.5 Å². The highest BCUT2D eigenvalue weighted by atomic mass is 32.2. The molecule has 18 heavy (non-hydrogen) atoms. The summed E-state index contributed by atoms with van der Waals surface area (Å²) >= 11 is 1.48. The first kappa shape index (κ1) is 11.8. The monoisotopic (exact) mass is 259 g/mol. The molecule has 3 rings (SSSR count). The summed E-state index contributed by atoms with van der Waals surface area (Å²) < 4.78 is 0. The van der Waals surface area contributed by atoms with Crippen LogP contribution in [0.25, 0.3) is 0 Å². The normalized spacial score (nSPS) is 23.6. The van der Waals surface area contributed by atoms with E-state index < -0.39 is 0 Å². The van der Waals surface area contributed by atoms with Crippen LogP contribution in [0.5, 0.6) is 0 Å². The Kier molecular flexibility index (Phi) is 3.41. The van der Waals surface area contributed by atoms with E-state index in [-0.39, 0.29) is 5.12 Å². The number of hydrogen-bond acceptors (Lipinski definition) is 3. The molecule has 1 unspecified atom stereocenters. The second-order valence-electron chi connectivity index (χ2n) is 4.88. The molecular weight excluding hydrogens is 242 g/mol. The zero-order valence-electron chi connectivity index (χ0n) is 10.3. The van der Waals surface area contributed by atoms with Gasteiger partial charge in [0.25, 0.3) is 0 Å². The average molecular weight is 259 g/mol. The van der Waals surface area contributed by atoms with E-state index in [1.54, 1.807) is 0 Å². The van der Waals surface area contributed by atoms with E-state index in [1.807, 2.05) is 12.1 Å². The second kappa shape index (κ2) is 5.19. The van der Waals surface area contributed by atoms with Crippen molar-refractivity contribution in [2.24, 2.45) is 0 Å². The van der Waals surface area contributed by atoms with Crippen LogP contribution in [-0.2, 0) is 11.2 Å². The van der Waals surface area contributed by atoms with E-state index in [0.717, 1.165) is 19.5 Å². The molecule has 1 saturated heterocycles. The summed E-state index contributed by atoms with van der Waals surface area (Å²) in [6, 6.07) is 10.5. The van der Waals surface area contributed by atoms with Gasteiger partial charge in [0.05, 0.1) is 5.25 Å². The lowest BCUT2D eigenvalue weighted by molar-refractivity contribution is -0.106. The molecule has 0 saturated carbocycles. The molecule has 2 aliphatic rings. The summed E-state index contributed by atoms with van der Waals surface area (Å²) in [4.78, 5) is 14.1. The molecular formula is C15H17NOS. The van der Waals surface area contributed by atoms with Crippen molar-refractivity contribution in [3.8, 4) is 0 Å². The molecule has 1 atom stereocenters. The van der Waals surface area contributed by atoms with Gasteiger partial charge in [0.15, 0.2) is 0 Å². The Morgan fingerprint density at radius 3 is 2.61 bits per heavy atom.